The Morgan fingerprint density at radius 2 is 1.82 bits per heavy atom. The molecule has 1 amide bonds. The first-order valence-corrected chi connectivity index (χ1v) is 11.9. The van der Waals surface area contributed by atoms with Crippen LogP contribution >= 0.6 is 0 Å². The fraction of sp³-hybridized carbons (Fsp3) is 0.615. The summed E-state index contributed by atoms with van der Waals surface area (Å²) in [5.41, 5.74) is -0.510. The fourth-order valence-corrected chi connectivity index (χ4v) is 4.47. The van der Waals surface area contributed by atoms with Crippen LogP contribution in [0.5, 0.6) is 0 Å². The number of nitrogens with zero attached hydrogens (tertiary/aromatic N) is 3. The van der Waals surface area contributed by atoms with E-state index in [-0.39, 0.29) is 16.7 Å². The van der Waals surface area contributed by atoms with Crippen molar-refractivity contribution in [2.24, 2.45) is 10.8 Å². The predicted molar refractivity (Wildman–Crippen MR) is 133 cm³/mol. The molecule has 0 unspecified atom stereocenters. The Morgan fingerprint density at radius 1 is 1.18 bits per heavy atom. The zero-order valence-corrected chi connectivity index (χ0v) is 21.2. The van der Waals surface area contributed by atoms with Crippen molar-refractivity contribution in [1.82, 2.24) is 15.2 Å². The van der Waals surface area contributed by atoms with Crippen LogP contribution in [0.1, 0.15) is 60.8 Å². The number of benzene rings is 1. The van der Waals surface area contributed by atoms with Gasteiger partial charge in [0.05, 0.1) is 11.5 Å². The predicted octanol–water partition coefficient (Wildman–Crippen LogP) is 3.93. The van der Waals surface area contributed by atoms with Crippen LogP contribution in [-0.4, -0.2) is 47.0 Å². The normalized spacial score (nSPS) is 17.7. The van der Waals surface area contributed by atoms with E-state index < -0.39 is 17.3 Å². The molecule has 0 bridgehead atoms. The number of amides is 1. The van der Waals surface area contributed by atoms with Gasteiger partial charge in [-0.25, -0.2) is 4.79 Å². The lowest BCUT2D eigenvalue weighted by Crippen LogP contribution is -2.58. The monoisotopic (exact) mass is 467 g/mol. The van der Waals surface area contributed by atoms with Crippen LogP contribution in [0, 0.1) is 22.2 Å². The molecule has 0 saturated carbocycles. The summed E-state index contributed by atoms with van der Waals surface area (Å²) < 4.78 is 5.19. The number of rotatable bonds is 6. The van der Waals surface area contributed by atoms with Gasteiger partial charge < -0.3 is 20.0 Å². The average Bonchev–Trinajstić information content (AvgIpc) is 2.72. The molecule has 3 rings (SSSR count). The van der Waals surface area contributed by atoms with Crippen molar-refractivity contribution in [1.29, 1.82) is 5.26 Å². The average molecular weight is 468 g/mol. The standard InChI is InChI=1S/C26H37N5O3/c1-24(2,3)15-19(28-21-18-9-7-8-10-20(18)34-23(33)29-21)22(32)30-26(16-27)11-13-31(14-12-26)17-25(4,5)6/h7-10,19H,11-15,17H2,1-6H3,(H,30,32)(H,28,29,33)/t19-/m0/s1. The van der Waals surface area contributed by atoms with E-state index in [4.69, 9.17) is 4.42 Å². The zero-order valence-electron chi connectivity index (χ0n) is 21.2. The van der Waals surface area contributed by atoms with Crippen molar-refractivity contribution in [3.63, 3.8) is 0 Å². The van der Waals surface area contributed by atoms with Crippen LogP contribution in [0.3, 0.4) is 0 Å². The highest BCUT2D eigenvalue weighted by molar-refractivity contribution is 5.91. The molecule has 1 aromatic carbocycles. The van der Waals surface area contributed by atoms with E-state index in [0.29, 0.717) is 36.0 Å². The molecule has 0 aliphatic carbocycles. The van der Waals surface area contributed by atoms with Crippen molar-refractivity contribution in [2.75, 3.05) is 25.0 Å². The second kappa shape index (κ2) is 9.75. The maximum Gasteiger partial charge on any atom is 0.441 e. The van der Waals surface area contributed by atoms with E-state index in [1.54, 1.807) is 18.2 Å². The smallest absolute Gasteiger partial charge is 0.408 e. The molecule has 2 aromatic rings. The number of carbonyl (C=O) groups excluding carboxylic acids is 1. The molecule has 0 radical (unpaired) electrons. The number of carbonyl (C=O) groups is 1. The molecule has 1 saturated heterocycles. The summed E-state index contributed by atoms with van der Waals surface area (Å²) in [6, 6.07) is 8.80. The molecular weight excluding hydrogens is 430 g/mol. The minimum absolute atomic E-state index is 0.176. The minimum atomic E-state index is -0.908. The third-order valence-corrected chi connectivity index (χ3v) is 5.97. The van der Waals surface area contributed by atoms with Crippen LogP contribution in [-0.2, 0) is 4.79 Å². The highest BCUT2D eigenvalue weighted by atomic mass is 16.4. The maximum absolute atomic E-state index is 13.5. The van der Waals surface area contributed by atoms with Gasteiger partial charge in [0, 0.05) is 19.6 Å². The summed E-state index contributed by atoms with van der Waals surface area (Å²) in [4.78, 5) is 31.9. The molecule has 1 atom stereocenters. The van der Waals surface area contributed by atoms with Gasteiger partial charge in [-0.1, -0.05) is 53.7 Å². The SMILES string of the molecule is CC(C)(C)C[C@H](Nc1nc(=O)oc2ccccc12)C(=O)NC1(C#N)CCN(CC(C)(C)C)CC1. The fourth-order valence-electron chi connectivity index (χ4n) is 4.47. The first-order valence-electron chi connectivity index (χ1n) is 11.9. The summed E-state index contributed by atoms with van der Waals surface area (Å²) in [6.07, 6.45) is 1.64. The zero-order chi connectivity index (χ0) is 25.1. The Morgan fingerprint density at radius 3 is 2.41 bits per heavy atom. The molecule has 2 heterocycles. The van der Waals surface area contributed by atoms with Gasteiger partial charge in [-0.05, 0) is 42.2 Å². The van der Waals surface area contributed by atoms with Gasteiger partial charge in [-0.3, -0.25) is 4.79 Å². The number of likely N-dealkylation sites (tertiary alicyclic amines) is 1. The Balaban J connectivity index is 1.81. The van der Waals surface area contributed by atoms with Gasteiger partial charge in [0.25, 0.3) is 0 Å². The number of aromatic nitrogens is 1. The van der Waals surface area contributed by atoms with Gasteiger partial charge >= 0.3 is 5.76 Å². The lowest BCUT2D eigenvalue weighted by molar-refractivity contribution is -0.124. The number of para-hydroxylation sites is 1. The molecular formula is C26H37N5O3. The number of nitriles is 1. The van der Waals surface area contributed by atoms with Crippen LogP contribution < -0.4 is 16.4 Å². The van der Waals surface area contributed by atoms with Gasteiger partial charge in [0.1, 0.15) is 23.0 Å². The van der Waals surface area contributed by atoms with E-state index >= 15 is 0 Å². The van der Waals surface area contributed by atoms with Crippen LogP contribution in [0.15, 0.2) is 33.5 Å². The first kappa shape index (κ1) is 25.7. The Kier molecular flexibility index (Phi) is 7.37. The largest absolute Gasteiger partial charge is 0.441 e. The number of fused-ring (bicyclic) bond motifs is 1. The highest BCUT2D eigenvalue weighted by Crippen LogP contribution is 2.28. The summed E-state index contributed by atoms with van der Waals surface area (Å²) in [6.45, 7) is 15.2. The molecule has 1 aromatic heterocycles. The molecule has 8 heteroatoms. The number of hydrogen-bond donors (Lipinski definition) is 2. The summed E-state index contributed by atoms with van der Waals surface area (Å²) in [5, 5.41) is 16.9. The molecule has 184 valence electrons. The Bertz CT molecular complexity index is 1110. The quantitative estimate of drug-likeness (QED) is 0.662. The molecule has 1 aliphatic rings. The number of piperidine rings is 1. The van der Waals surface area contributed by atoms with Crippen LogP contribution in [0.25, 0.3) is 11.0 Å². The van der Waals surface area contributed by atoms with Crippen molar-refractivity contribution < 1.29 is 9.21 Å². The highest BCUT2D eigenvalue weighted by Gasteiger charge is 2.39. The third kappa shape index (κ3) is 6.80. The summed E-state index contributed by atoms with van der Waals surface area (Å²) in [7, 11) is 0. The number of anilines is 1. The minimum Gasteiger partial charge on any atom is -0.408 e. The van der Waals surface area contributed by atoms with Crippen molar-refractivity contribution in [3.8, 4) is 6.07 Å². The lowest BCUT2D eigenvalue weighted by atomic mass is 9.85. The lowest BCUT2D eigenvalue weighted by Gasteiger charge is -2.40. The van der Waals surface area contributed by atoms with Crippen molar-refractivity contribution >= 4 is 22.7 Å². The molecule has 1 aliphatic heterocycles. The molecule has 8 nitrogen and oxygen atoms in total. The van der Waals surface area contributed by atoms with Gasteiger partial charge in [0.15, 0.2) is 0 Å². The van der Waals surface area contributed by atoms with Gasteiger partial charge in [-0.2, -0.15) is 10.2 Å². The summed E-state index contributed by atoms with van der Waals surface area (Å²) in [5.74, 6) is -0.682. The molecule has 2 N–H and O–H groups in total. The summed E-state index contributed by atoms with van der Waals surface area (Å²) >= 11 is 0. The first-order chi connectivity index (χ1) is 15.8. The third-order valence-electron chi connectivity index (χ3n) is 5.97. The van der Waals surface area contributed by atoms with E-state index in [1.165, 1.54) is 0 Å². The van der Waals surface area contributed by atoms with E-state index in [9.17, 15) is 14.9 Å². The Labute approximate surface area is 201 Å². The van der Waals surface area contributed by atoms with Crippen molar-refractivity contribution in [2.45, 2.75) is 72.4 Å². The number of nitrogens with one attached hydrogen (secondary N) is 2. The second-order valence-corrected chi connectivity index (χ2v) is 11.8. The van der Waals surface area contributed by atoms with Gasteiger partial charge in [-0.15, -0.1) is 0 Å². The van der Waals surface area contributed by atoms with Gasteiger partial charge in [0.2, 0.25) is 5.91 Å². The maximum atomic E-state index is 13.5. The second-order valence-electron chi connectivity index (χ2n) is 11.8. The topological polar surface area (TPSA) is 111 Å². The van der Waals surface area contributed by atoms with Crippen molar-refractivity contribution in [3.05, 3.63) is 34.8 Å². The Hall–Kier alpha value is -2.92. The molecule has 1 fully saturated rings. The molecule has 34 heavy (non-hydrogen) atoms. The molecule has 0 spiro atoms. The van der Waals surface area contributed by atoms with E-state index in [2.05, 4.69) is 47.4 Å². The van der Waals surface area contributed by atoms with E-state index in [0.717, 1.165) is 19.6 Å². The van der Waals surface area contributed by atoms with E-state index in [1.807, 2.05) is 26.8 Å². The van der Waals surface area contributed by atoms with Crippen LogP contribution in [0.2, 0.25) is 0 Å². The van der Waals surface area contributed by atoms with Crippen LogP contribution in [0.4, 0.5) is 5.82 Å². The number of hydrogen-bond acceptors (Lipinski definition) is 7.